The molecule has 2 aromatic heterocycles. The first-order chi connectivity index (χ1) is 19.7. The van der Waals surface area contributed by atoms with Crippen LogP contribution in [-0.2, 0) is 16.1 Å². The molecule has 0 saturated carbocycles. The first kappa shape index (κ1) is 27.7. The van der Waals surface area contributed by atoms with Gasteiger partial charge in [-0.2, -0.15) is 11.8 Å². The number of carbonyl (C=O) groups is 2. The van der Waals surface area contributed by atoms with Gasteiger partial charge in [0.15, 0.2) is 0 Å². The molecule has 10 heteroatoms. The van der Waals surface area contributed by atoms with Crippen molar-refractivity contribution in [2.75, 3.05) is 24.2 Å². The van der Waals surface area contributed by atoms with Gasteiger partial charge in [0.25, 0.3) is 0 Å². The normalized spacial score (nSPS) is 20.4. The number of nitrogens with one attached hydrogen (secondary N) is 1. The largest absolute Gasteiger partial charge is 0.341 e. The Morgan fingerprint density at radius 2 is 2.05 bits per heavy atom. The Kier molecular flexibility index (Phi) is 7.50. The van der Waals surface area contributed by atoms with Crippen LogP contribution < -0.4 is 5.32 Å². The summed E-state index contributed by atoms with van der Waals surface area (Å²) in [5.74, 6) is 0.867. The van der Waals surface area contributed by atoms with Crippen LogP contribution in [0.1, 0.15) is 32.3 Å². The van der Waals surface area contributed by atoms with Gasteiger partial charge in [-0.15, -0.1) is 0 Å². The van der Waals surface area contributed by atoms with Crippen molar-refractivity contribution in [3.05, 3.63) is 77.5 Å². The van der Waals surface area contributed by atoms with E-state index in [1.54, 1.807) is 24.7 Å². The minimum absolute atomic E-state index is 0.0558. The molecular weight excluding hydrogens is 561 g/mol. The van der Waals surface area contributed by atoms with Crippen molar-refractivity contribution >= 4 is 52.0 Å². The maximum absolute atomic E-state index is 13.7. The van der Waals surface area contributed by atoms with E-state index in [1.807, 2.05) is 59.3 Å². The predicted octanol–water partition coefficient (Wildman–Crippen LogP) is 6.26. The lowest BCUT2D eigenvalue weighted by atomic mass is 9.88. The molecule has 2 saturated heterocycles. The molecule has 2 aromatic carbocycles. The summed E-state index contributed by atoms with van der Waals surface area (Å²) in [5, 5.41) is 3.51. The van der Waals surface area contributed by atoms with Crippen LogP contribution in [0.15, 0.2) is 61.1 Å². The number of thioether (sulfide) groups is 1. The summed E-state index contributed by atoms with van der Waals surface area (Å²) in [6.07, 6.45) is 4.88. The highest BCUT2D eigenvalue weighted by Gasteiger charge is 2.52. The number of rotatable bonds is 6. The number of pyridine rings is 1. The molecule has 4 heterocycles. The number of halogens is 2. The quantitative estimate of drug-likeness (QED) is 0.286. The fourth-order valence-electron chi connectivity index (χ4n) is 6.00. The third-order valence-electron chi connectivity index (χ3n) is 8.10. The average Bonchev–Trinajstić information content (AvgIpc) is 3.68. The number of hydrogen-bond donors (Lipinski definition) is 1. The lowest BCUT2D eigenvalue weighted by Crippen LogP contribution is -2.42. The molecular formula is C31H31ClFN5O2S. The number of fused-ring (bicyclic) bond motifs is 1. The third-order valence-corrected chi connectivity index (χ3v) is 10.0. The zero-order chi connectivity index (χ0) is 28.7. The zero-order valence-corrected chi connectivity index (χ0v) is 24.5. The fourth-order valence-corrected chi connectivity index (χ4v) is 7.88. The van der Waals surface area contributed by atoms with Crippen LogP contribution in [-0.4, -0.2) is 54.8 Å². The number of likely N-dealkylation sites (tertiary alicyclic amines) is 1. The average molecular weight is 592 g/mol. The van der Waals surface area contributed by atoms with Gasteiger partial charge >= 0.3 is 0 Å². The molecule has 1 spiro atoms. The first-order valence-corrected chi connectivity index (χ1v) is 15.2. The highest BCUT2D eigenvalue weighted by molar-refractivity contribution is 8.01. The van der Waals surface area contributed by atoms with Gasteiger partial charge < -0.3 is 14.8 Å². The van der Waals surface area contributed by atoms with Crippen LogP contribution in [0.3, 0.4) is 0 Å². The second-order valence-corrected chi connectivity index (χ2v) is 13.1. The number of carbonyl (C=O) groups excluding carboxylic acids is 2. The van der Waals surface area contributed by atoms with Crippen LogP contribution in [0, 0.1) is 17.7 Å². The fraction of sp³-hybridized carbons (Fsp3) is 0.355. The summed E-state index contributed by atoms with van der Waals surface area (Å²) >= 11 is 8.41. The Bertz CT molecular complexity index is 1640. The Morgan fingerprint density at radius 3 is 2.85 bits per heavy atom. The SMILES string of the molecule is CC(C)C(=O)N1CCC2(C1)SCCC2C(=O)Nc1cc(-c2ccc3ncn(Cc4cccc(F)c4)c3c2)c(Cl)cn1. The van der Waals surface area contributed by atoms with Crippen LogP contribution in [0.4, 0.5) is 10.2 Å². The Hall–Kier alpha value is -3.43. The van der Waals surface area contributed by atoms with Crippen molar-refractivity contribution in [3.8, 4) is 11.1 Å². The van der Waals surface area contributed by atoms with E-state index in [0.29, 0.717) is 30.5 Å². The van der Waals surface area contributed by atoms with Crippen LogP contribution in [0.2, 0.25) is 5.02 Å². The van der Waals surface area contributed by atoms with Crippen molar-refractivity contribution in [1.82, 2.24) is 19.4 Å². The van der Waals surface area contributed by atoms with Crippen molar-refractivity contribution < 1.29 is 14.0 Å². The molecule has 2 amide bonds. The van der Waals surface area contributed by atoms with Gasteiger partial charge in [-0.25, -0.2) is 14.4 Å². The highest BCUT2D eigenvalue weighted by Crippen LogP contribution is 2.49. The molecule has 6 rings (SSSR count). The first-order valence-electron chi connectivity index (χ1n) is 13.8. The molecule has 2 fully saturated rings. The third kappa shape index (κ3) is 5.45. The highest BCUT2D eigenvalue weighted by atomic mass is 35.5. The second-order valence-electron chi connectivity index (χ2n) is 11.2. The number of hydrogen-bond acceptors (Lipinski definition) is 5. The summed E-state index contributed by atoms with van der Waals surface area (Å²) in [6.45, 7) is 5.60. The van der Waals surface area contributed by atoms with E-state index in [1.165, 1.54) is 12.1 Å². The topological polar surface area (TPSA) is 80.1 Å². The molecule has 212 valence electrons. The molecule has 0 radical (unpaired) electrons. The number of nitrogens with zero attached hydrogens (tertiary/aromatic N) is 4. The van der Waals surface area contributed by atoms with E-state index in [0.717, 1.165) is 46.3 Å². The molecule has 0 aliphatic carbocycles. The van der Waals surface area contributed by atoms with Gasteiger partial charge in [0, 0.05) is 42.1 Å². The second kappa shape index (κ2) is 11.1. The van der Waals surface area contributed by atoms with Gasteiger partial charge in [0.05, 0.1) is 28.3 Å². The van der Waals surface area contributed by atoms with E-state index in [-0.39, 0.29) is 34.2 Å². The van der Waals surface area contributed by atoms with Crippen LogP contribution >= 0.6 is 23.4 Å². The van der Waals surface area contributed by atoms with Crippen molar-refractivity contribution in [2.24, 2.45) is 11.8 Å². The summed E-state index contributed by atoms with van der Waals surface area (Å²) in [7, 11) is 0. The molecule has 2 unspecified atom stereocenters. The number of anilines is 1. The van der Waals surface area contributed by atoms with E-state index in [9.17, 15) is 14.0 Å². The number of amides is 2. The maximum Gasteiger partial charge on any atom is 0.230 e. The smallest absolute Gasteiger partial charge is 0.230 e. The van der Waals surface area contributed by atoms with E-state index in [2.05, 4.69) is 15.3 Å². The Balaban J connectivity index is 1.23. The minimum atomic E-state index is -0.276. The lowest BCUT2D eigenvalue weighted by Gasteiger charge is -2.30. The molecule has 41 heavy (non-hydrogen) atoms. The Morgan fingerprint density at radius 1 is 1.20 bits per heavy atom. The predicted molar refractivity (Wildman–Crippen MR) is 161 cm³/mol. The van der Waals surface area contributed by atoms with E-state index < -0.39 is 0 Å². The van der Waals surface area contributed by atoms with E-state index in [4.69, 9.17) is 11.6 Å². The summed E-state index contributed by atoms with van der Waals surface area (Å²) < 4.78 is 15.5. The standard InChI is InChI=1S/C31H31ClFN5O2S/c1-19(2)30(40)37-10-9-31(17-37)24(8-11-41-31)29(39)36-28-14-23(25(32)15-34-28)21-6-7-26-27(13-21)38(18-35-26)16-20-4-3-5-22(33)12-20/h3-7,12-15,18-19,24H,8-11,16-17H2,1-2H3,(H,34,36,39). The number of imidazole rings is 1. The van der Waals surface area contributed by atoms with Crippen molar-refractivity contribution in [2.45, 2.75) is 38.0 Å². The van der Waals surface area contributed by atoms with Gasteiger partial charge in [-0.05, 0) is 60.1 Å². The van der Waals surface area contributed by atoms with Crippen LogP contribution in [0.5, 0.6) is 0 Å². The summed E-state index contributed by atoms with van der Waals surface area (Å²) in [5.41, 5.74) is 4.13. The van der Waals surface area contributed by atoms with Gasteiger partial charge in [-0.3, -0.25) is 9.59 Å². The van der Waals surface area contributed by atoms with Crippen molar-refractivity contribution in [3.63, 3.8) is 0 Å². The van der Waals surface area contributed by atoms with Gasteiger partial charge in [0.1, 0.15) is 11.6 Å². The number of aromatic nitrogens is 3. The van der Waals surface area contributed by atoms with Crippen LogP contribution in [0.25, 0.3) is 22.2 Å². The molecule has 0 bridgehead atoms. The lowest BCUT2D eigenvalue weighted by molar-refractivity contribution is -0.133. The van der Waals surface area contributed by atoms with Crippen molar-refractivity contribution in [1.29, 1.82) is 0 Å². The summed E-state index contributed by atoms with van der Waals surface area (Å²) in [4.78, 5) is 37.0. The molecule has 2 aliphatic rings. The molecule has 1 N–H and O–H groups in total. The maximum atomic E-state index is 13.7. The monoisotopic (exact) mass is 591 g/mol. The summed E-state index contributed by atoms with van der Waals surface area (Å²) in [6, 6.07) is 14.2. The Labute approximate surface area is 247 Å². The zero-order valence-electron chi connectivity index (χ0n) is 22.9. The van der Waals surface area contributed by atoms with Gasteiger partial charge in [-0.1, -0.05) is 43.6 Å². The number of benzene rings is 2. The molecule has 7 nitrogen and oxygen atoms in total. The molecule has 4 aromatic rings. The molecule has 2 aliphatic heterocycles. The molecule has 2 atom stereocenters. The van der Waals surface area contributed by atoms with Gasteiger partial charge in [0.2, 0.25) is 11.8 Å². The van der Waals surface area contributed by atoms with E-state index >= 15 is 0 Å². The minimum Gasteiger partial charge on any atom is -0.341 e.